The molecule has 0 saturated heterocycles. The van der Waals surface area contributed by atoms with Crippen molar-refractivity contribution in [3.05, 3.63) is 0 Å². The van der Waals surface area contributed by atoms with Crippen LogP contribution in [0.4, 0.5) is 4.79 Å². The highest BCUT2D eigenvalue weighted by Gasteiger charge is 2.01. The standard InChI is InChI=1S/C15H29IO9/c1-18-2-3-19-4-5-20-6-7-21-8-9-22-10-11-23-12-13-24-15(17)25-14-16/h2-14H2,1H3. The Hall–Kier alpha value is -0.240. The van der Waals surface area contributed by atoms with E-state index in [0.29, 0.717) is 72.7 Å². The first kappa shape index (κ1) is 24.8. The Balaban J connectivity index is 3.02. The second kappa shape index (κ2) is 21.8. The monoisotopic (exact) mass is 480 g/mol. The van der Waals surface area contributed by atoms with Gasteiger partial charge < -0.3 is 37.9 Å². The second-order valence-electron chi connectivity index (χ2n) is 4.41. The van der Waals surface area contributed by atoms with Gasteiger partial charge >= 0.3 is 6.16 Å². The van der Waals surface area contributed by atoms with Crippen molar-refractivity contribution in [1.29, 1.82) is 0 Å². The Labute approximate surface area is 162 Å². The van der Waals surface area contributed by atoms with Gasteiger partial charge in [0.25, 0.3) is 0 Å². The van der Waals surface area contributed by atoms with Gasteiger partial charge in [-0.3, -0.25) is 0 Å². The summed E-state index contributed by atoms with van der Waals surface area (Å²) in [6, 6.07) is 0. The second-order valence-corrected chi connectivity index (χ2v) is 5.03. The lowest BCUT2D eigenvalue weighted by Gasteiger charge is -2.08. The molecule has 0 aliphatic rings. The SMILES string of the molecule is COCCOCCOCCOCCOCCOCCOC(=O)OCI. The van der Waals surface area contributed by atoms with Crippen LogP contribution in [0, 0.1) is 0 Å². The highest BCUT2D eigenvalue weighted by Crippen LogP contribution is 1.90. The molecule has 0 atom stereocenters. The number of hydrogen-bond donors (Lipinski definition) is 0. The van der Waals surface area contributed by atoms with Gasteiger partial charge in [-0.1, -0.05) is 0 Å². The molecule has 0 aliphatic heterocycles. The predicted octanol–water partition coefficient (Wildman–Crippen LogP) is 1.26. The molecule has 0 aromatic carbocycles. The summed E-state index contributed by atoms with van der Waals surface area (Å²) in [5.41, 5.74) is 0. The topological polar surface area (TPSA) is 90.9 Å². The Morgan fingerprint density at radius 2 is 0.960 bits per heavy atom. The van der Waals surface area contributed by atoms with E-state index in [1.807, 2.05) is 22.6 Å². The smallest absolute Gasteiger partial charge is 0.432 e. The summed E-state index contributed by atoms with van der Waals surface area (Å²) in [6.07, 6.45) is -0.686. The average Bonchev–Trinajstić information content (AvgIpc) is 2.61. The van der Waals surface area contributed by atoms with Gasteiger partial charge in [-0.15, -0.1) is 0 Å². The summed E-state index contributed by atoms with van der Waals surface area (Å²) >= 11 is 1.91. The van der Waals surface area contributed by atoms with Gasteiger partial charge in [0.05, 0.1) is 72.7 Å². The molecule has 0 aromatic rings. The van der Waals surface area contributed by atoms with Gasteiger partial charge in [-0.25, -0.2) is 4.79 Å². The van der Waals surface area contributed by atoms with E-state index in [2.05, 4.69) is 4.74 Å². The maximum absolute atomic E-state index is 10.9. The van der Waals surface area contributed by atoms with Crippen molar-refractivity contribution in [1.82, 2.24) is 0 Å². The zero-order valence-electron chi connectivity index (χ0n) is 14.7. The number of hydrogen-bond acceptors (Lipinski definition) is 9. The minimum atomic E-state index is -0.686. The molecule has 0 aromatic heterocycles. The Bertz CT molecular complexity index is 282. The number of carbonyl (C=O) groups excluding carboxylic acids is 1. The lowest BCUT2D eigenvalue weighted by atomic mass is 10.7. The van der Waals surface area contributed by atoms with Crippen LogP contribution in [-0.4, -0.2) is 97.2 Å². The van der Waals surface area contributed by atoms with Crippen LogP contribution in [0.3, 0.4) is 0 Å². The van der Waals surface area contributed by atoms with Crippen LogP contribution < -0.4 is 0 Å². The molecule has 0 radical (unpaired) electrons. The van der Waals surface area contributed by atoms with Gasteiger partial charge in [-0.2, -0.15) is 0 Å². The molecule has 150 valence electrons. The summed E-state index contributed by atoms with van der Waals surface area (Å²) in [5, 5.41) is 0. The van der Waals surface area contributed by atoms with Crippen molar-refractivity contribution in [3.8, 4) is 0 Å². The summed E-state index contributed by atoms with van der Waals surface area (Å²) in [7, 11) is 1.64. The number of rotatable bonds is 19. The zero-order valence-corrected chi connectivity index (χ0v) is 16.9. The van der Waals surface area contributed by atoms with Crippen LogP contribution >= 0.6 is 22.6 Å². The van der Waals surface area contributed by atoms with Crippen LogP contribution in [0.15, 0.2) is 0 Å². The molecule has 0 amide bonds. The van der Waals surface area contributed by atoms with E-state index in [1.165, 1.54) is 0 Å². The predicted molar refractivity (Wildman–Crippen MR) is 97.3 cm³/mol. The maximum atomic E-state index is 10.9. The van der Waals surface area contributed by atoms with Gasteiger partial charge in [0.2, 0.25) is 0 Å². The minimum Gasteiger partial charge on any atom is -0.432 e. The minimum absolute atomic E-state index is 0.163. The summed E-state index contributed by atoms with van der Waals surface area (Å²) in [5.74, 6) is 0. The number of halogens is 1. The summed E-state index contributed by atoms with van der Waals surface area (Å²) in [6.45, 7) is 5.65. The first-order valence-corrected chi connectivity index (χ1v) is 9.57. The van der Waals surface area contributed by atoms with E-state index in [-0.39, 0.29) is 11.2 Å². The van der Waals surface area contributed by atoms with Crippen molar-refractivity contribution in [2.75, 3.05) is 91.0 Å². The first-order chi connectivity index (χ1) is 12.3. The molecule has 0 fully saturated rings. The molecular weight excluding hydrogens is 451 g/mol. The van der Waals surface area contributed by atoms with Crippen LogP contribution in [-0.2, 0) is 37.9 Å². The molecule has 0 bridgehead atoms. The summed E-state index contributed by atoms with van der Waals surface area (Å²) in [4.78, 5) is 10.9. The Morgan fingerprint density at radius 3 is 1.32 bits per heavy atom. The van der Waals surface area contributed by atoms with Gasteiger partial charge in [0.1, 0.15) is 11.2 Å². The number of alkyl halides is 1. The molecule has 0 aliphatic carbocycles. The Kier molecular flexibility index (Phi) is 21.6. The third-order valence-corrected chi connectivity index (χ3v) is 2.85. The third-order valence-electron chi connectivity index (χ3n) is 2.54. The van der Waals surface area contributed by atoms with Gasteiger partial charge in [0, 0.05) is 7.11 Å². The van der Waals surface area contributed by atoms with Gasteiger partial charge in [0.15, 0.2) is 0 Å². The molecular formula is C15H29IO9. The molecule has 0 unspecified atom stereocenters. The van der Waals surface area contributed by atoms with Crippen molar-refractivity contribution < 1.29 is 42.7 Å². The van der Waals surface area contributed by atoms with E-state index >= 15 is 0 Å². The molecule has 9 nitrogen and oxygen atoms in total. The molecule has 10 heteroatoms. The third kappa shape index (κ3) is 21.7. The molecule has 0 heterocycles. The lowest BCUT2D eigenvalue weighted by molar-refractivity contribution is -0.0183. The number of ether oxygens (including phenoxy) is 8. The average molecular weight is 480 g/mol. The van der Waals surface area contributed by atoms with E-state index in [0.717, 1.165) is 0 Å². The van der Waals surface area contributed by atoms with Crippen LogP contribution in [0.2, 0.25) is 0 Å². The fourth-order valence-corrected chi connectivity index (χ4v) is 1.65. The maximum Gasteiger partial charge on any atom is 0.509 e. The first-order valence-electron chi connectivity index (χ1n) is 8.04. The number of carbonyl (C=O) groups is 1. The molecule has 0 N–H and O–H groups in total. The molecule has 0 spiro atoms. The van der Waals surface area contributed by atoms with Crippen molar-refractivity contribution in [3.63, 3.8) is 0 Å². The van der Waals surface area contributed by atoms with Crippen molar-refractivity contribution in [2.45, 2.75) is 0 Å². The number of methoxy groups -OCH3 is 1. The molecule has 0 rings (SSSR count). The lowest BCUT2D eigenvalue weighted by Crippen LogP contribution is -2.15. The van der Waals surface area contributed by atoms with E-state index < -0.39 is 6.16 Å². The quantitative estimate of drug-likeness (QED) is 0.117. The fraction of sp³-hybridized carbons (Fsp3) is 0.933. The molecule has 0 saturated carbocycles. The largest absolute Gasteiger partial charge is 0.509 e. The normalized spacial score (nSPS) is 10.8. The van der Waals surface area contributed by atoms with Crippen LogP contribution in [0.1, 0.15) is 0 Å². The Morgan fingerprint density at radius 1 is 0.600 bits per heavy atom. The highest BCUT2D eigenvalue weighted by molar-refractivity contribution is 14.1. The van der Waals surface area contributed by atoms with Crippen LogP contribution in [0.5, 0.6) is 0 Å². The van der Waals surface area contributed by atoms with Crippen molar-refractivity contribution >= 4 is 28.7 Å². The van der Waals surface area contributed by atoms with E-state index in [1.54, 1.807) is 7.11 Å². The van der Waals surface area contributed by atoms with E-state index in [4.69, 9.17) is 33.2 Å². The summed E-state index contributed by atoms with van der Waals surface area (Å²) < 4.78 is 40.9. The highest BCUT2D eigenvalue weighted by atomic mass is 127. The fourth-order valence-electron chi connectivity index (χ4n) is 1.39. The van der Waals surface area contributed by atoms with E-state index in [9.17, 15) is 4.79 Å². The molecule has 25 heavy (non-hydrogen) atoms. The zero-order chi connectivity index (χ0) is 18.4. The van der Waals surface area contributed by atoms with Gasteiger partial charge in [-0.05, 0) is 22.6 Å². The van der Waals surface area contributed by atoms with Crippen molar-refractivity contribution in [2.24, 2.45) is 0 Å². The van der Waals surface area contributed by atoms with Crippen LogP contribution in [0.25, 0.3) is 0 Å².